The van der Waals surface area contributed by atoms with Crippen LogP contribution in [0.2, 0.25) is 0 Å². The average molecular weight is 400 g/mol. The molecule has 0 heterocycles. The highest BCUT2D eigenvalue weighted by Crippen LogP contribution is 2.50. The van der Waals surface area contributed by atoms with Crippen LogP contribution in [0.25, 0.3) is 12.2 Å². The summed E-state index contributed by atoms with van der Waals surface area (Å²) in [5.74, 6) is 0. The highest BCUT2D eigenvalue weighted by Gasteiger charge is 2.41. The predicted molar refractivity (Wildman–Crippen MR) is 114 cm³/mol. The number of hydrogen-bond acceptors (Lipinski definition) is 2. The van der Waals surface area contributed by atoms with E-state index in [0.29, 0.717) is 0 Å². The SMILES string of the molecule is Cc1cc2c(cc1C=Cc1ccc(COP(=O)(O)O)cc1)C(C)(C)CC2(C)C. The third-order valence-electron chi connectivity index (χ3n) is 5.58. The van der Waals surface area contributed by atoms with Crippen molar-refractivity contribution < 1.29 is 18.9 Å². The van der Waals surface area contributed by atoms with Gasteiger partial charge >= 0.3 is 7.82 Å². The molecule has 0 saturated heterocycles. The summed E-state index contributed by atoms with van der Waals surface area (Å²) >= 11 is 0. The fraction of sp³-hybridized carbons (Fsp3) is 0.391. The van der Waals surface area contributed by atoms with Crippen LogP contribution in [0.3, 0.4) is 0 Å². The Morgan fingerprint density at radius 2 is 1.57 bits per heavy atom. The van der Waals surface area contributed by atoms with Crippen LogP contribution in [-0.4, -0.2) is 9.79 Å². The molecule has 4 nitrogen and oxygen atoms in total. The van der Waals surface area contributed by atoms with Crippen molar-refractivity contribution in [1.29, 1.82) is 0 Å². The fourth-order valence-electron chi connectivity index (χ4n) is 4.39. The van der Waals surface area contributed by atoms with Crippen LogP contribution >= 0.6 is 7.82 Å². The van der Waals surface area contributed by atoms with E-state index in [0.717, 1.165) is 17.5 Å². The van der Waals surface area contributed by atoms with Crippen LogP contribution in [0.4, 0.5) is 0 Å². The van der Waals surface area contributed by atoms with Gasteiger partial charge in [-0.15, -0.1) is 0 Å². The second kappa shape index (κ2) is 7.27. The van der Waals surface area contributed by atoms with Crippen LogP contribution in [-0.2, 0) is 26.5 Å². The summed E-state index contributed by atoms with van der Waals surface area (Å²) in [6.07, 6.45) is 5.35. The molecule has 28 heavy (non-hydrogen) atoms. The molecule has 150 valence electrons. The van der Waals surface area contributed by atoms with Gasteiger partial charge in [0.25, 0.3) is 0 Å². The number of hydrogen-bond donors (Lipinski definition) is 2. The Morgan fingerprint density at radius 3 is 2.14 bits per heavy atom. The van der Waals surface area contributed by atoms with Crippen molar-refractivity contribution in [3.05, 3.63) is 69.8 Å². The van der Waals surface area contributed by atoms with Crippen LogP contribution in [0.1, 0.15) is 67.5 Å². The van der Waals surface area contributed by atoms with E-state index in [9.17, 15) is 4.57 Å². The molecule has 2 aromatic carbocycles. The number of phosphoric acid groups is 1. The molecule has 0 aliphatic heterocycles. The maximum Gasteiger partial charge on any atom is 0.469 e. The molecule has 0 amide bonds. The normalized spacial score (nSPS) is 17.8. The summed E-state index contributed by atoms with van der Waals surface area (Å²) < 4.78 is 15.3. The van der Waals surface area contributed by atoms with Gasteiger partial charge < -0.3 is 9.79 Å². The third kappa shape index (κ3) is 4.64. The molecule has 2 aromatic rings. The van der Waals surface area contributed by atoms with Crippen molar-refractivity contribution >= 4 is 20.0 Å². The van der Waals surface area contributed by atoms with E-state index in [1.807, 2.05) is 24.3 Å². The lowest BCUT2D eigenvalue weighted by molar-refractivity contribution is 0.189. The highest BCUT2D eigenvalue weighted by molar-refractivity contribution is 7.46. The summed E-state index contributed by atoms with van der Waals surface area (Å²) in [6.45, 7) is 11.3. The number of benzene rings is 2. The predicted octanol–water partition coefficient (Wildman–Crippen LogP) is 5.73. The molecule has 0 unspecified atom stereocenters. The van der Waals surface area contributed by atoms with E-state index in [1.54, 1.807) is 0 Å². The number of fused-ring (bicyclic) bond motifs is 1. The van der Waals surface area contributed by atoms with Gasteiger partial charge in [-0.1, -0.05) is 76.2 Å². The minimum absolute atomic E-state index is 0.108. The van der Waals surface area contributed by atoms with Crippen molar-refractivity contribution in [2.24, 2.45) is 0 Å². The lowest BCUT2D eigenvalue weighted by Gasteiger charge is -2.22. The minimum Gasteiger partial charge on any atom is -0.303 e. The molecule has 1 aliphatic rings. The van der Waals surface area contributed by atoms with Crippen LogP contribution in [0, 0.1) is 6.92 Å². The largest absolute Gasteiger partial charge is 0.469 e. The first-order chi connectivity index (χ1) is 12.9. The fourth-order valence-corrected chi connectivity index (χ4v) is 4.71. The molecule has 1 aliphatic carbocycles. The van der Waals surface area contributed by atoms with Gasteiger partial charge in [-0.2, -0.15) is 0 Å². The lowest BCUT2D eigenvalue weighted by Crippen LogP contribution is -2.17. The summed E-state index contributed by atoms with van der Waals surface area (Å²) in [5, 5.41) is 0. The Balaban J connectivity index is 1.81. The standard InChI is InChI=1S/C23H29O4P/c1-16-12-20-21(23(4,5)15-22(20,2)3)13-19(16)11-10-17-6-8-18(9-7-17)14-27-28(24,25)26/h6-13H,14-15H2,1-5H3,(H2,24,25,26). The minimum atomic E-state index is -4.44. The molecule has 0 aromatic heterocycles. The zero-order chi connectivity index (χ0) is 20.7. The van der Waals surface area contributed by atoms with Gasteiger partial charge in [0.05, 0.1) is 6.61 Å². The first-order valence-electron chi connectivity index (χ1n) is 9.50. The molecule has 2 N–H and O–H groups in total. The van der Waals surface area contributed by atoms with Gasteiger partial charge in [-0.25, -0.2) is 4.57 Å². The molecular formula is C23H29O4P. The topological polar surface area (TPSA) is 66.8 Å². The molecule has 0 saturated carbocycles. The van der Waals surface area contributed by atoms with E-state index < -0.39 is 7.82 Å². The smallest absolute Gasteiger partial charge is 0.303 e. The van der Waals surface area contributed by atoms with Gasteiger partial charge in [0.15, 0.2) is 0 Å². The van der Waals surface area contributed by atoms with E-state index in [4.69, 9.17) is 9.79 Å². The molecule has 0 radical (unpaired) electrons. The van der Waals surface area contributed by atoms with Gasteiger partial charge in [0, 0.05) is 0 Å². The summed E-state index contributed by atoms with van der Waals surface area (Å²) in [5.41, 5.74) is 7.52. The lowest BCUT2D eigenvalue weighted by atomic mass is 9.82. The van der Waals surface area contributed by atoms with E-state index in [-0.39, 0.29) is 17.4 Å². The third-order valence-corrected chi connectivity index (χ3v) is 6.05. The summed E-state index contributed by atoms with van der Waals surface area (Å²) in [6, 6.07) is 12.1. The van der Waals surface area contributed by atoms with Crippen molar-refractivity contribution in [3.8, 4) is 0 Å². The second-order valence-electron chi connectivity index (χ2n) is 9.04. The zero-order valence-corrected chi connectivity index (χ0v) is 18.1. The first-order valence-corrected chi connectivity index (χ1v) is 11.0. The molecule has 0 spiro atoms. The second-order valence-corrected chi connectivity index (χ2v) is 10.3. The summed E-state index contributed by atoms with van der Waals surface area (Å²) in [7, 11) is -4.44. The van der Waals surface area contributed by atoms with E-state index in [2.05, 4.69) is 63.4 Å². The molecule has 0 fully saturated rings. The van der Waals surface area contributed by atoms with E-state index >= 15 is 0 Å². The maximum absolute atomic E-state index is 10.8. The zero-order valence-electron chi connectivity index (χ0n) is 17.2. The van der Waals surface area contributed by atoms with Gasteiger partial charge in [0.1, 0.15) is 0 Å². The Morgan fingerprint density at radius 1 is 1.00 bits per heavy atom. The van der Waals surface area contributed by atoms with Crippen molar-refractivity contribution in [2.75, 3.05) is 0 Å². The Labute approximate surface area is 167 Å². The molecule has 5 heteroatoms. The Bertz CT molecular complexity index is 949. The summed E-state index contributed by atoms with van der Waals surface area (Å²) in [4.78, 5) is 17.6. The number of rotatable bonds is 5. The van der Waals surface area contributed by atoms with E-state index in [1.165, 1.54) is 22.3 Å². The molecule has 0 atom stereocenters. The molecular weight excluding hydrogens is 371 g/mol. The van der Waals surface area contributed by atoms with Gasteiger partial charge in [-0.05, 0) is 57.6 Å². The quantitative estimate of drug-likeness (QED) is 0.497. The monoisotopic (exact) mass is 400 g/mol. The van der Waals surface area contributed by atoms with Crippen molar-refractivity contribution in [2.45, 2.75) is 58.5 Å². The first kappa shape index (κ1) is 21.0. The van der Waals surface area contributed by atoms with Crippen molar-refractivity contribution in [1.82, 2.24) is 0 Å². The highest BCUT2D eigenvalue weighted by atomic mass is 31.2. The molecule has 0 bridgehead atoms. The Hall–Kier alpha value is -1.71. The van der Waals surface area contributed by atoms with Gasteiger partial charge in [-0.3, -0.25) is 4.52 Å². The van der Waals surface area contributed by atoms with Crippen LogP contribution < -0.4 is 0 Å². The number of aryl methyl sites for hydroxylation is 1. The van der Waals surface area contributed by atoms with Crippen LogP contribution in [0.5, 0.6) is 0 Å². The molecule has 3 rings (SSSR count). The maximum atomic E-state index is 10.8. The average Bonchev–Trinajstić information content (AvgIpc) is 2.75. The van der Waals surface area contributed by atoms with Crippen molar-refractivity contribution in [3.63, 3.8) is 0 Å². The van der Waals surface area contributed by atoms with Gasteiger partial charge in [0.2, 0.25) is 0 Å². The van der Waals surface area contributed by atoms with Crippen LogP contribution in [0.15, 0.2) is 36.4 Å². The Kier molecular flexibility index (Phi) is 5.46. The number of phosphoric ester groups is 1.